The average Bonchev–Trinajstić information content (AvgIpc) is 2.62. The van der Waals surface area contributed by atoms with Crippen molar-refractivity contribution in [1.29, 1.82) is 0 Å². The van der Waals surface area contributed by atoms with Crippen LogP contribution in [0.25, 0.3) is 0 Å². The third kappa shape index (κ3) is 5.62. The molecule has 5 nitrogen and oxygen atoms in total. The van der Waals surface area contributed by atoms with Crippen LogP contribution < -0.4 is 16.0 Å². The lowest BCUT2D eigenvalue weighted by atomic mass is 10.0. The maximum absolute atomic E-state index is 12.1. The summed E-state index contributed by atoms with van der Waals surface area (Å²) in [4.78, 5) is 23.5. The van der Waals surface area contributed by atoms with E-state index in [1.54, 1.807) is 12.1 Å². The number of carbonyl (C=O) groups is 2. The van der Waals surface area contributed by atoms with Gasteiger partial charge in [0.1, 0.15) is 0 Å². The Morgan fingerprint density at radius 1 is 0.962 bits per heavy atom. The number of rotatable bonds is 8. The number of hydrogen-bond donors (Lipinski definition) is 3. The molecule has 0 heterocycles. The molecule has 26 heavy (non-hydrogen) atoms. The highest BCUT2D eigenvalue weighted by atomic mass is 16.2. The van der Waals surface area contributed by atoms with Crippen molar-refractivity contribution in [2.75, 3.05) is 18.4 Å². The van der Waals surface area contributed by atoms with Gasteiger partial charge in [0, 0.05) is 36.4 Å². The number of para-hydroxylation sites is 1. The van der Waals surface area contributed by atoms with E-state index in [9.17, 15) is 9.59 Å². The minimum absolute atomic E-state index is 0.0591. The lowest BCUT2D eigenvalue weighted by Crippen LogP contribution is -2.30. The molecule has 0 aromatic heterocycles. The van der Waals surface area contributed by atoms with Gasteiger partial charge in [-0.25, -0.2) is 0 Å². The van der Waals surface area contributed by atoms with Gasteiger partial charge in [0.2, 0.25) is 5.91 Å². The third-order valence-electron chi connectivity index (χ3n) is 4.02. The molecular formula is C21H27N3O2. The molecule has 2 amide bonds. The van der Waals surface area contributed by atoms with Crippen LogP contribution >= 0.6 is 0 Å². The van der Waals surface area contributed by atoms with Crippen molar-refractivity contribution < 1.29 is 9.59 Å². The summed E-state index contributed by atoms with van der Waals surface area (Å²) in [7, 11) is 0. The molecule has 0 saturated carbocycles. The first-order valence-electron chi connectivity index (χ1n) is 9.02. The predicted octanol–water partition coefficient (Wildman–Crippen LogP) is 3.81. The normalized spacial score (nSPS) is 10.5. The summed E-state index contributed by atoms with van der Waals surface area (Å²) in [6.45, 7) is 7.11. The largest absolute Gasteiger partial charge is 0.356 e. The molecule has 0 spiro atoms. The van der Waals surface area contributed by atoms with Crippen LogP contribution in [-0.4, -0.2) is 24.9 Å². The van der Waals surface area contributed by atoms with Crippen LogP contribution in [0.2, 0.25) is 0 Å². The smallest absolute Gasteiger partial charge is 0.251 e. The van der Waals surface area contributed by atoms with E-state index in [0.717, 1.165) is 11.4 Å². The highest BCUT2D eigenvalue weighted by molar-refractivity contribution is 5.94. The van der Waals surface area contributed by atoms with Gasteiger partial charge in [0.25, 0.3) is 5.91 Å². The quantitative estimate of drug-likeness (QED) is 0.676. The van der Waals surface area contributed by atoms with Gasteiger partial charge in [-0.3, -0.25) is 9.59 Å². The first kappa shape index (κ1) is 19.5. The van der Waals surface area contributed by atoms with Crippen molar-refractivity contribution in [2.24, 2.45) is 0 Å². The van der Waals surface area contributed by atoms with Gasteiger partial charge in [-0.2, -0.15) is 0 Å². The van der Waals surface area contributed by atoms with Gasteiger partial charge in [-0.1, -0.05) is 32.0 Å². The molecule has 0 atom stereocenters. The van der Waals surface area contributed by atoms with Crippen molar-refractivity contribution in [3.05, 3.63) is 59.7 Å². The maximum atomic E-state index is 12.1. The Morgan fingerprint density at radius 2 is 1.65 bits per heavy atom. The van der Waals surface area contributed by atoms with Gasteiger partial charge < -0.3 is 16.0 Å². The molecule has 0 aliphatic carbocycles. The summed E-state index contributed by atoms with van der Waals surface area (Å²) in [5.74, 6) is 0.188. The lowest BCUT2D eigenvalue weighted by Gasteiger charge is -2.14. The van der Waals surface area contributed by atoms with Crippen molar-refractivity contribution >= 4 is 23.2 Å². The van der Waals surface area contributed by atoms with Crippen LogP contribution in [0.3, 0.4) is 0 Å². The fraction of sp³-hybridized carbons (Fsp3) is 0.333. The number of benzene rings is 2. The van der Waals surface area contributed by atoms with Gasteiger partial charge >= 0.3 is 0 Å². The topological polar surface area (TPSA) is 70.2 Å². The summed E-state index contributed by atoms with van der Waals surface area (Å²) in [5.41, 5.74) is 3.82. The maximum Gasteiger partial charge on any atom is 0.251 e. The molecule has 0 unspecified atom stereocenters. The van der Waals surface area contributed by atoms with Gasteiger partial charge in [0.05, 0.1) is 0 Å². The Bertz CT molecular complexity index is 739. The van der Waals surface area contributed by atoms with E-state index in [-0.39, 0.29) is 18.2 Å². The van der Waals surface area contributed by atoms with Crippen molar-refractivity contribution in [3.63, 3.8) is 0 Å². The van der Waals surface area contributed by atoms with Crippen LogP contribution in [0.5, 0.6) is 0 Å². The van der Waals surface area contributed by atoms with Crippen LogP contribution in [0.15, 0.2) is 48.5 Å². The summed E-state index contributed by atoms with van der Waals surface area (Å²) in [6.07, 6.45) is 0.283. The van der Waals surface area contributed by atoms with E-state index in [1.165, 1.54) is 5.56 Å². The van der Waals surface area contributed by atoms with Crippen LogP contribution in [-0.2, 0) is 4.79 Å². The Labute approximate surface area is 155 Å². The van der Waals surface area contributed by atoms with Crippen LogP contribution in [0, 0.1) is 0 Å². The molecule has 138 valence electrons. The molecule has 0 fully saturated rings. The Hall–Kier alpha value is -2.82. The molecule has 3 N–H and O–H groups in total. The van der Waals surface area contributed by atoms with E-state index in [2.05, 4.69) is 41.9 Å². The summed E-state index contributed by atoms with van der Waals surface area (Å²) < 4.78 is 0. The Kier molecular flexibility index (Phi) is 7.21. The zero-order valence-electron chi connectivity index (χ0n) is 15.6. The SMILES string of the molecule is CCNC(=O)CCNC(=O)c1ccc(Nc2ccccc2C(C)C)cc1. The Morgan fingerprint density at radius 3 is 2.31 bits per heavy atom. The molecule has 2 aromatic rings. The number of nitrogens with one attached hydrogen (secondary N) is 3. The predicted molar refractivity (Wildman–Crippen MR) is 106 cm³/mol. The summed E-state index contributed by atoms with van der Waals surface area (Å²) in [6, 6.07) is 15.5. The second-order valence-electron chi connectivity index (χ2n) is 6.40. The molecular weight excluding hydrogens is 326 g/mol. The van der Waals surface area contributed by atoms with E-state index >= 15 is 0 Å². The van der Waals surface area contributed by atoms with E-state index < -0.39 is 0 Å². The highest BCUT2D eigenvalue weighted by Crippen LogP contribution is 2.26. The molecule has 0 aliphatic heterocycles. The molecule has 2 aromatic carbocycles. The summed E-state index contributed by atoms with van der Waals surface area (Å²) >= 11 is 0. The monoisotopic (exact) mass is 353 g/mol. The van der Waals surface area contributed by atoms with Gasteiger partial charge in [-0.15, -0.1) is 0 Å². The summed E-state index contributed by atoms with van der Waals surface area (Å²) in [5, 5.41) is 8.87. The second kappa shape index (κ2) is 9.61. The van der Waals surface area contributed by atoms with E-state index in [4.69, 9.17) is 0 Å². The molecule has 0 radical (unpaired) electrons. The molecule has 0 aliphatic rings. The molecule has 2 rings (SSSR count). The average molecular weight is 353 g/mol. The van der Waals surface area contributed by atoms with Crippen LogP contribution in [0.1, 0.15) is 49.0 Å². The zero-order valence-corrected chi connectivity index (χ0v) is 15.6. The molecule has 5 heteroatoms. The second-order valence-corrected chi connectivity index (χ2v) is 6.40. The zero-order chi connectivity index (χ0) is 18.9. The number of anilines is 2. The fourth-order valence-electron chi connectivity index (χ4n) is 2.65. The number of carbonyl (C=O) groups excluding carboxylic acids is 2. The van der Waals surface area contributed by atoms with Crippen molar-refractivity contribution in [2.45, 2.75) is 33.1 Å². The first-order chi connectivity index (χ1) is 12.5. The van der Waals surface area contributed by atoms with E-state index in [0.29, 0.717) is 24.6 Å². The minimum atomic E-state index is -0.177. The highest BCUT2D eigenvalue weighted by Gasteiger charge is 2.08. The van der Waals surface area contributed by atoms with Crippen LogP contribution in [0.4, 0.5) is 11.4 Å². The van der Waals surface area contributed by atoms with Gasteiger partial charge in [-0.05, 0) is 48.7 Å². The molecule has 0 saturated heterocycles. The minimum Gasteiger partial charge on any atom is -0.356 e. The fourth-order valence-corrected chi connectivity index (χ4v) is 2.65. The third-order valence-corrected chi connectivity index (χ3v) is 4.02. The lowest BCUT2D eigenvalue weighted by molar-refractivity contribution is -0.120. The molecule has 0 bridgehead atoms. The van der Waals surface area contributed by atoms with Crippen molar-refractivity contribution in [3.8, 4) is 0 Å². The van der Waals surface area contributed by atoms with Crippen molar-refractivity contribution in [1.82, 2.24) is 10.6 Å². The first-order valence-corrected chi connectivity index (χ1v) is 9.02. The van der Waals surface area contributed by atoms with E-state index in [1.807, 2.05) is 31.2 Å². The Balaban J connectivity index is 1.94. The number of hydrogen-bond acceptors (Lipinski definition) is 3. The number of amides is 2. The van der Waals surface area contributed by atoms with Gasteiger partial charge in [0.15, 0.2) is 0 Å². The standard InChI is InChI=1S/C21H27N3O2/c1-4-22-20(25)13-14-23-21(26)16-9-11-17(12-10-16)24-19-8-6-5-7-18(19)15(2)3/h5-12,15,24H,4,13-14H2,1-3H3,(H,22,25)(H,23,26).